The second kappa shape index (κ2) is 13.5. The Morgan fingerprint density at radius 1 is 1.29 bits per heavy atom. The van der Waals surface area contributed by atoms with Crippen LogP contribution in [-0.4, -0.2) is 92.6 Å². The Hall–Kier alpha value is -3.33. The highest BCUT2D eigenvalue weighted by molar-refractivity contribution is 7.80. The number of likely N-dealkylation sites (tertiary alicyclic amines) is 1. The molecular formula is C20H33N9O5S. The largest absolute Gasteiger partial charge is 0.480 e. The number of rotatable bonds is 13. The molecule has 0 saturated carbocycles. The third kappa shape index (κ3) is 8.43. The maximum atomic E-state index is 12.9. The number of nitrogens with one attached hydrogen (secondary N) is 3. The van der Waals surface area contributed by atoms with Crippen molar-refractivity contribution in [1.82, 2.24) is 25.5 Å². The molecule has 1 aliphatic rings. The fourth-order valence-electron chi connectivity index (χ4n) is 3.71. The third-order valence-electron chi connectivity index (χ3n) is 5.53. The molecule has 2 heterocycles. The number of carbonyl (C=O) groups is 4. The number of thiol groups is 1. The number of aromatic nitrogens is 2. The number of hydrogen-bond donors (Lipinski definition) is 8. The second-order valence-corrected chi connectivity index (χ2v) is 8.53. The predicted molar refractivity (Wildman–Crippen MR) is 130 cm³/mol. The minimum atomic E-state index is -1.24. The summed E-state index contributed by atoms with van der Waals surface area (Å²) in [6.07, 6.45) is 4.70. The summed E-state index contributed by atoms with van der Waals surface area (Å²) < 4.78 is 0. The van der Waals surface area contributed by atoms with E-state index in [2.05, 4.69) is 38.2 Å². The molecule has 0 radical (unpaired) electrons. The molecule has 15 heteroatoms. The lowest BCUT2D eigenvalue weighted by atomic mass is 10.1. The molecule has 194 valence electrons. The van der Waals surface area contributed by atoms with Crippen molar-refractivity contribution in [3.05, 3.63) is 18.2 Å². The first-order valence-corrected chi connectivity index (χ1v) is 11.8. The minimum absolute atomic E-state index is 0.0136. The molecule has 3 amide bonds. The van der Waals surface area contributed by atoms with Crippen LogP contribution in [-0.2, 0) is 25.6 Å². The number of imidazole rings is 1. The van der Waals surface area contributed by atoms with Gasteiger partial charge in [-0.25, -0.2) is 9.78 Å². The topological polar surface area (TPSA) is 235 Å². The number of hydrogen-bond acceptors (Lipinski definition) is 8. The number of carbonyl (C=O) groups excluding carboxylic acids is 3. The van der Waals surface area contributed by atoms with Crippen LogP contribution in [0.15, 0.2) is 17.5 Å². The zero-order valence-corrected chi connectivity index (χ0v) is 20.1. The molecule has 0 aliphatic carbocycles. The normalized spacial score (nSPS) is 17.8. The van der Waals surface area contributed by atoms with Gasteiger partial charge in [0.15, 0.2) is 5.96 Å². The highest BCUT2D eigenvalue weighted by Gasteiger charge is 2.37. The van der Waals surface area contributed by atoms with Crippen LogP contribution in [0.25, 0.3) is 0 Å². The summed E-state index contributed by atoms with van der Waals surface area (Å²) in [5, 5.41) is 14.4. The van der Waals surface area contributed by atoms with Crippen LogP contribution < -0.4 is 27.8 Å². The Balaban J connectivity index is 1.95. The number of guanidine groups is 1. The molecule has 4 atom stereocenters. The van der Waals surface area contributed by atoms with Crippen molar-refractivity contribution >= 4 is 42.3 Å². The van der Waals surface area contributed by atoms with Crippen molar-refractivity contribution in [3.8, 4) is 0 Å². The van der Waals surface area contributed by atoms with Crippen molar-refractivity contribution in [2.75, 3.05) is 18.8 Å². The van der Waals surface area contributed by atoms with Crippen LogP contribution in [0.4, 0.5) is 0 Å². The number of nitrogens with zero attached hydrogens (tertiary/aromatic N) is 3. The Kier molecular flexibility index (Phi) is 10.8. The molecule has 1 aromatic heterocycles. The van der Waals surface area contributed by atoms with E-state index < -0.39 is 42.0 Å². The smallest absolute Gasteiger partial charge is 0.326 e. The monoisotopic (exact) mass is 511 g/mol. The van der Waals surface area contributed by atoms with E-state index >= 15 is 0 Å². The number of nitrogens with two attached hydrogens (primary N) is 3. The standard InChI is InChI=1S/C20H33N9O5S/c21-12(3-1-5-25-20(22)23)18(32)29-6-2-4-15(29)17(31)28-14(9-35)16(30)27-13(19(33)34)7-11-8-24-10-26-11/h8,10,12-15,35H,1-7,9,21H2,(H,24,26)(H,27,30)(H,28,31)(H,33,34)(H4,22,23,25). The molecule has 1 saturated heterocycles. The number of carboxylic acid groups (broad SMARTS) is 1. The molecule has 4 unspecified atom stereocenters. The number of amides is 3. The van der Waals surface area contributed by atoms with Gasteiger partial charge < -0.3 is 42.8 Å². The molecule has 14 nitrogen and oxygen atoms in total. The van der Waals surface area contributed by atoms with Gasteiger partial charge in [-0.3, -0.25) is 19.4 Å². The Morgan fingerprint density at radius 2 is 2.03 bits per heavy atom. The summed E-state index contributed by atoms with van der Waals surface area (Å²) in [4.78, 5) is 61.9. The number of carboxylic acids is 1. The van der Waals surface area contributed by atoms with Crippen molar-refractivity contribution < 1.29 is 24.3 Å². The summed E-state index contributed by atoms with van der Waals surface area (Å²) in [6.45, 7) is 0.700. The van der Waals surface area contributed by atoms with Gasteiger partial charge >= 0.3 is 5.97 Å². The van der Waals surface area contributed by atoms with Gasteiger partial charge in [0.25, 0.3) is 0 Å². The number of aliphatic carboxylic acids is 1. The SMILES string of the molecule is NC(N)=NCCCC(N)C(=O)N1CCCC1C(=O)NC(CS)C(=O)NC(Cc1cnc[nH]1)C(=O)O. The average Bonchev–Trinajstić information content (AvgIpc) is 3.51. The lowest BCUT2D eigenvalue weighted by molar-refractivity contribution is -0.143. The summed E-state index contributed by atoms with van der Waals surface area (Å²) in [7, 11) is 0. The van der Waals surface area contributed by atoms with E-state index in [0.29, 0.717) is 44.5 Å². The van der Waals surface area contributed by atoms with Crippen LogP contribution in [0.5, 0.6) is 0 Å². The summed E-state index contributed by atoms with van der Waals surface area (Å²) in [5.41, 5.74) is 17.1. The summed E-state index contributed by atoms with van der Waals surface area (Å²) in [5.74, 6) is -2.95. The Bertz CT molecular complexity index is 907. The molecule has 10 N–H and O–H groups in total. The molecule has 1 fully saturated rings. The zero-order chi connectivity index (χ0) is 26.0. The van der Waals surface area contributed by atoms with Gasteiger partial charge in [0.2, 0.25) is 17.7 Å². The molecule has 1 aliphatic heterocycles. The first-order valence-electron chi connectivity index (χ1n) is 11.2. The lowest BCUT2D eigenvalue weighted by Crippen LogP contribution is -2.57. The van der Waals surface area contributed by atoms with Gasteiger partial charge in [0.1, 0.15) is 18.1 Å². The quantitative estimate of drug-likeness (QED) is 0.0594. The molecule has 0 aromatic carbocycles. The molecule has 0 bridgehead atoms. The van der Waals surface area contributed by atoms with Crippen molar-refractivity contribution in [3.63, 3.8) is 0 Å². The van der Waals surface area contributed by atoms with E-state index in [1.165, 1.54) is 17.4 Å². The van der Waals surface area contributed by atoms with Crippen LogP contribution in [0.3, 0.4) is 0 Å². The van der Waals surface area contributed by atoms with E-state index in [1.54, 1.807) is 0 Å². The van der Waals surface area contributed by atoms with Gasteiger partial charge in [-0.15, -0.1) is 0 Å². The number of aromatic amines is 1. The third-order valence-corrected chi connectivity index (χ3v) is 5.90. The van der Waals surface area contributed by atoms with Crippen LogP contribution >= 0.6 is 12.6 Å². The van der Waals surface area contributed by atoms with Crippen LogP contribution in [0, 0.1) is 0 Å². The molecule has 2 rings (SSSR count). The maximum absolute atomic E-state index is 12.9. The fourth-order valence-corrected chi connectivity index (χ4v) is 3.97. The van der Waals surface area contributed by atoms with Crippen molar-refractivity contribution in [2.45, 2.75) is 56.3 Å². The van der Waals surface area contributed by atoms with Crippen LogP contribution in [0.2, 0.25) is 0 Å². The van der Waals surface area contributed by atoms with E-state index in [4.69, 9.17) is 17.2 Å². The van der Waals surface area contributed by atoms with Crippen molar-refractivity contribution in [2.24, 2.45) is 22.2 Å². The first kappa shape index (κ1) is 27.9. The average molecular weight is 512 g/mol. The highest BCUT2D eigenvalue weighted by atomic mass is 32.1. The lowest BCUT2D eigenvalue weighted by Gasteiger charge is -2.28. The Labute approximate surface area is 207 Å². The van der Waals surface area contributed by atoms with Gasteiger partial charge in [-0.05, 0) is 25.7 Å². The molecular weight excluding hydrogens is 478 g/mol. The summed E-state index contributed by atoms with van der Waals surface area (Å²) >= 11 is 4.13. The van der Waals surface area contributed by atoms with Crippen molar-refractivity contribution in [1.29, 1.82) is 0 Å². The zero-order valence-electron chi connectivity index (χ0n) is 19.2. The minimum Gasteiger partial charge on any atom is -0.480 e. The molecule has 1 aromatic rings. The Morgan fingerprint density at radius 3 is 2.63 bits per heavy atom. The van der Waals surface area contributed by atoms with E-state index in [0.717, 1.165) is 0 Å². The van der Waals surface area contributed by atoms with E-state index in [1.807, 2.05) is 0 Å². The number of H-pyrrole nitrogens is 1. The maximum Gasteiger partial charge on any atom is 0.326 e. The summed E-state index contributed by atoms with van der Waals surface area (Å²) in [6, 6.07) is -3.94. The number of aliphatic imine (C=N–C) groups is 1. The van der Waals surface area contributed by atoms with Gasteiger partial charge in [0, 0.05) is 37.2 Å². The van der Waals surface area contributed by atoms with Gasteiger partial charge in [-0.1, -0.05) is 0 Å². The fraction of sp³-hybridized carbons (Fsp3) is 0.600. The van der Waals surface area contributed by atoms with Gasteiger partial charge in [0.05, 0.1) is 12.4 Å². The van der Waals surface area contributed by atoms with Gasteiger partial charge in [-0.2, -0.15) is 12.6 Å². The predicted octanol–water partition coefficient (Wildman–Crippen LogP) is -2.69. The molecule has 0 spiro atoms. The first-order chi connectivity index (χ1) is 16.6. The molecule has 35 heavy (non-hydrogen) atoms. The van der Waals surface area contributed by atoms with E-state index in [9.17, 15) is 24.3 Å². The highest BCUT2D eigenvalue weighted by Crippen LogP contribution is 2.19. The van der Waals surface area contributed by atoms with E-state index in [-0.39, 0.29) is 24.0 Å². The second-order valence-electron chi connectivity index (χ2n) is 8.17. The van der Waals surface area contributed by atoms with Crippen LogP contribution in [0.1, 0.15) is 31.4 Å².